The van der Waals surface area contributed by atoms with Gasteiger partial charge in [0.2, 0.25) is 0 Å². The van der Waals surface area contributed by atoms with Crippen molar-refractivity contribution in [2.45, 2.75) is 12.5 Å². The molecular weight excluding hydrogens is 150 g/mol. The van der Waals surface area contributed by atoms with E-state index in [-0.39, 0.29) is 11.5 Å². The molecule has 0 saturated carbocycles. The zero-order chi connectivity index (χ0) is 8.10. The first-order valence-electron chi connectivity index (χ1n) is 3.75. The fourth-order valence-corrected chi connectivity index (χ4v) is 0.970. The minimum absolute atomic E-state index is 0. The highest BCUT2D eigenvalue weighted by Crippen LogP contribution is 2.01. The lowest BCUT2D eigenvalue weighted by Gasteiger charge is -2.04. The fourth-order valence-electron chi connectivity index (χ4n) is 0.970. The van der Waals surface area contributed by atoms with Gasteiger partial charge in [-0.15, -0.1) is 6.58 Å². The third-order valence-electron chi connectivity index (χ3n) is 1.62. The Morgan fingerprint density at radius 2 is 1.92 bits per heavy atom. The van der Waals surface area contributed by atoms with Gasteiger partial charge in [0, 0.05) is 6.04 Å². The van der Waals surface area contributed by atoms with Crippen molar-refractivity contribution in [3.05, 3.63) is 48.6 Å². The van der Waals surface area contributed by atoms with Gasteiger partial charge >= 0.3 is 0 Å². The maximum atomic E-state index is 5.69. The molecule has 0 aromatic heterocycles. The highest BCUT2D eigenvalue weighted by Gasteiger charge is 1.96. The van der Waals surface area contributed by atoms with Crippen LogP contribution in [0.4, 0.5) is 0 Å². The largest absolute Gasteiger partial charge is 0.412 e. The Morgan fingerprint density at radius 3 is 2.42 bits per heavy atom. The molecule has 1 rings (SSSR count). The molecule has 66 valence electrons. The van der Waals surface area contributed by atoms with E-state index in [0.717, 1.165) is 6.42 Å². The molecule has 0 amide bonds. The molecule has 1 aromatic rings. The van der Waals surface area contributed by atoms with Crippen molar-refractivity contribution in [1.82, 2.24) is 0 Å². The Balaban J connectivity index is 0.00000121. The molecule has 0 spiro atoms. The minimum atomic E-state index is 0. The molecule has 12 heavy (non-hydrogen) atoms. The van der Waals surface area contributed by atoms with Crippen LogP contribution in [0.3, 0.4) is 0 Å². The first kappa shape index (κ1) is 10.9. The molecule has 2 nitrogen and oxygen atoms in total. The van der Waals surface area contributed by atoms with Gasteiger partial charge in [0.05, 0.1) is 0 Å². The van der Waals surface area contributed by atoms with Crippen LogP contribution in [0.15, 0.2) is 43.0 Å². The van der Waals surface area contributed by atoms with Crippen LogP contribution in [-0.2, 0) is 6.42 Å². The molecule has 0 saturated heterocycles. The van der Waals surface area contributed by atoms with Crippen LogP contribution in [-0.4, -0.2) is 11.5 Å². The molecule has 0 aliphatic carbocycles. The molecule has 2 heteroatoms. The van der Waals surface area contributed by atoms with E-state index in [0.29, 0.717) is 0 Å². The Labute approximate surface area is 73.0 Å². The standard InChI is InChI=1S/C10H13N.H2O/c1-2-10(11)8-9-6-4-3-5-7-9;/h2-7,10H,1,8,11H2;1H2. The summed E-state index contributed by atoms with van der Waals surface area (Å²) in [6.07, 6.45) is 2.65. The Hall–Kier alpha value is -1.12. The van der Waals surface area contributed by atoms with E-state index in [1.165, 1.54) is 5.56 Å². The van der Waals surface area contributed by atoms with Crippen molar-refractivity contribution >= 4 is 0 Å². The number of hydrogen-bond donors (Lipinski definition) is 1. The third kappa shape index (κ3) is 3.32. The molecule has 4 N–H and O–H groups in total. The highest BCUT2D eigenvalue weighted by molar-refractivity contribution is 5.16. The molecular formula is C10H15NO. The third-order valence-corrected chi connectivity index (χ3v) is 1.62. The van der Waals surface area contributed by atoms with Gasteiger partial charge in [-0.25, -0.2) is 0 Å². The second-order valence-electron chi connectivity index (χ2n) is 2.59. The first-order chi connectivity index (χ1) is 5.33. The van der Waals surface area contributed by atoms with Crippen LogP contribution in [0.25, 0.3) is 0 Å². The van der Waals surface area contributed by atoms with Crippen LogP contribution >= 0.6 is 0 Å². The summed E-state index contributed by atoms with van der Waals surface area (Å²) in [4.78, 5) is 0. The van der Waals surface area contributed by atoms with Gasteiger partial charge < -0.3 is 11.2 Å². The van der Waals surface area contributed by atoms with Gasteiger partial charge in [-0.2, -0.15) is 0 Å². The smallest absolute Gasteiger partial charge is 0.0262 e. The van der Waals surface area contributed by atoms with Gasteiger partial charge in [0.1, 0.15) is 0 Å². The van der Waals surface area contributed by atoms with Crippen molar-refractivity contribution in [3.63, 3.8) is 0 Å². The van der Waals surface area contributed by atoms with Gasteiger partial charge in [-0.05, 0) is 12.0 Å². The van der Waals surface area contributed by atoms with E-state index in [1.54, 1.807) is 6.08 Å². The van der Waals surface area contributed by atoms with Gasteiger partial charge in [-0.3, -0.25) is 0 Å². The SMILES string of the molecule is C=CC(N)Cc1ccccc1.O. The summed E-state index contributed by atoms with van der Waals surface area (Å²) in [5.74, 6) is 0. The second-order valence-corrected chi connectivity index (χ2v) is 2.59. The summed E-state index contributed by atoms with van der Waals surface area (Å²) in [7, 11) is 0. The molecule has 1 unspecified atom stereocenters. The molecule has 0 aliphatic heterocycles. The number of hydrogen-bond acceptors (Lipinski definition) is 1. The topological polar surface area (TPSA) is 57.5 Å². The molecule has 0 fully saturated rings. The van der Waals surface area contributed by atoms with Gasteiger partial charge in [-0.1, -0.05) is 36.4 Å². The molecule has 1 atom stereocenters. The highest BCUT2D eigenvalue weighted by atomic mass is 16.0. The van der Waals surface area contributed by atoms with E-state index in [2.05, 4.69) is 18.7 Å². The predicted molar refractivity (Wildman–Crippen MR) is 51.9 cm³/mol. The van der Waals surface area contributed by atoms with E-state index in [4.69, 9.17) is 5.73 Å². The summed E-state index contributed by atoms with van der Waals surface area (Å²) in [5, 5.41) is 0. The monoisotopic (exact) mass is 165 g/mol. The van der Waals surface area contributed by atoms with Crippen LogP contribution in [0.2, 0.25) is 0 Å². The minimum Gasteiger partial charge on any atom is -0.412 e. The molecule has 0 radical (unpaired) electrons. The second kappa shape index (κ2) is 5.52. The fraction of sp³-hybridized carbons (Fsp3) is 0.200. The maximum absolute atomic E-state index is 5.69. The van der Waals surface area contributed by atoms with E-state index >= 15 is 0 Å². The summed E-state index contributed by atoms with van der Waals surface area (Å²) in [6.45, 7) is 3.63. The van der Waals surface area contributed by atoms with E-state index in [1.807, 2.05) is 18.2 Å². The lowest BCUT2D eigenvalue weighted by molar-refractivity contribution is 0.812. The molecule has 0 bridgehead atoms. The number of nitrogens with two attached hydrogens (primary N) is 1. The van der Waals surface area contributed by atoms with Crippen LogP contribution in [0.1, 0.15) is 5.56 Å². The Kier molecular flexibility index (Phi) is 5.00. The van der Waals surface area contributed by atoms with E-state index < -0.39 is 0 Å². The van der Waals surface area contributed by atoms with Gasteiger partial charge in [0.15, 0.2) is 0 Å². The van der Waals surface area contributed by atoms with Gasteiger partial charge in [0.25, 0.3) is 0 Å². The summed E-state index contributed by atoms with van der Waals surface area (Å²) >= 11 is 0. The molecule has 0 heterocycles. The lowest BCUT2D eigenvalue weighted by Crippen LogP contribution is -2.19. The maximum Gasteiger partial charge on any atom is 0.0262 e. The average Bonchev–Trinajstić information content (AvgIpc) is 2.06. The van der Waals surface area contributed by atoms with Crippen LogP contribution < -0.4 is 5.73 Å². The summed E-state index contributed by atoms with van der Waals surface area (Å²) < 4.78 is 0. The quantitative estimate of drug-likeness (QED) is 0.665. The zero-order valence-electron chi connectivity index (χ0n) is 7.03. The summed E-state index contributed by atoms with van der Waals surface area (Å²) in [6, 6.07) is 10.3. The molecule has 1 aromatic carbocycles. The zero-order valence-corrected chi connectivity index (χ0v) is 7.03. The lowest BCUT2D eigenvalue weighted by atomic mass is 10.1. The molecule has 0 aliphatic rings. The van der Waals surface area contributed by atoms with Crippen LogP contribution in [0.5, 0.6) is 0 Å². The van der Waals surface area contributed by atoms with Crippen molar-refractivity contribution in [2.24, 2.45) is 5.73 Å². The van der Waals surface area contributed by atoms with Crippen molar-refractivity contribution in [2.75, 3.05) is 0 Å². The van der Waals surface area contributed by atoms with Crippen LogP contribution in [0, 0.1) is 0 Å². The van der Waals surface area contributed by atoms with Crippen molar-refractivity contribution < 1.29 is 5.48 Å². The number of benzene rings is 1. The predicted octanol–water partition coefficient (Wildman–Crippen LogP) is 0.918. The number of rotatable bonds is 3. The first-order valence-corrected chi connectivity index (χ1v) is 3.75. The van der Waals surface area contributed by atoms with Crippen molar-refractivity contribution in [1.29, 1.82) is 0 Å². The van der Waals surface area contributed by atoms with E-state index in [9.17, 15) is 0 Å². The normalized spacial score (nSPS) is 11.4. The Bertz CT molecular complexity index is 221. The average molecular weight is 165 g/mol. The van der Waals surface area contributed by atoms with Crippen molar-refractivity contribution in [3.8, 4) is 0 Å². The Morgan fingerprint density at radius 1 is 1.33 bits per heavy atom. The summed E-state index contributed by atoms with van der Waals surface area (Å²) in [5.41, 5.74) is 6.95.